The standard InChI is InChI=1S/C19H39N/c1-9-16(5)19(8,10-2)17(6)12-11-14(3)15(4)13-18(7)20/h10,14-18H,2,9,11-13,20H2,1,3-8H3. The summed E-state index contributed by atoms with van der Waals surface area (Å²) in [7, 11) is 0. The minimum atomic E-state index is 0.263. The van der Waals surface area contributed by atoms with Crippen molar-refractivity contribution >= 4 is 0 Å². The zero-order chi connectivity index (χ0) is 15.9. The van der Waals surface area contributed by atoms with Crippen LogP contribution in [-0.4, -0.2) is 6.04 Å². The zero-order valence-electron chi connectivity index (χ0n) is 15.1. The fraction of sp³-hybridized carbons (Fsp3) is 0.895. The third-order valence-electron chi connectivity index (χ3n) is 5.95. The molecular formula is C19H39N. The van der Waals surface area contributed by atoms with E-state index in [1.807, 2.05) is 0 Å². The van der Waals surface area contributed by atoms with E-state index >= 15 is 0 Å². The Hall–Kier alpha value is -0.300. The maximum absolute atomic E-state index is 5.92. The molecule has 0 heterocycles. The summed E-state index contributed by atoms with van der Waals surface area (Å²) in [5.74, 6) is 2.88. The number of hydrogen-bond acceptors (Lipinski definition) is 1. The molecule has 0 spiro atoms. The summed E-state index contributed by atoms with van der Waals surface area (Å²) in [6.45, 7) is 20.4. The summed E-state index contributed by atoms with van der Waals surface area (Å²) in [6, 6.07) is 0.323. The second-order valence-corrected chi connectivity index (χ2v) is 7.53. The predicted octanol–water partition coefficient (Wildman–Crippen LogP) is 5.65. The molecule has 0 fully saturated rings. The van der Waals surface area contributed by atoms with Crippen molar-refractivity contribution in [2.24, 2.45) is 34.8 Å². The van der Waals surface area contributed by atoms with E-state index in [2.05, 4.69) is 61.1 Å². The Balaban J connectivity index is 4.46. The molecule has 0 aliphatic heterocycles. The maximum Gasteiger partial charge on any atom is 0.00131 e. The van der Waals surface area contributed by atoms with Gasteiger partial charge in [0.25, 0.3) is 0 Å². The van der Waals surface area contributed by atoms with Crippen LogP contribution in [0.3, 0.4) is 0 Å². The van der Waals surface area contributed by atoms with Gasteiger partial charge in [-0.15, -0.1) is 6.58 Å². The third kappa shape index (κ3) is 5.60. The smallest absolute Gasteiger partial charge is 0.00131 e. The summed E-state index contributed by atoms with van der Waals surface area (Å²) in [5, 5.41) is 0. The van der Waals surface area contributed by atoms with E-state index in [4.69, 9.17) is 5.73 Å². The number of nitrogens with two attached hydrogens (primary N) is 1. The summed E-state index contributed by atoms with van der Waals surface area (Å²) >= 11 is 0. The van der Waals surface area contributed by atoms with Gasteiger partial charge in [0.2, 0.25) is 0 Å². The van der Waals surface area contributed by atoms with Crippen molar-refractivity contribution < 1.29 is 0 Å². The van der Waals surface area contributed by atoms with Crippen molar-refractivity contribution in [2.75, 3.05) is 0 Å². The fourth-order valence-electron chi connectivity index (χ4n) is 3.26. The van der Waals surface area contributed by atoms with E-state index in [-0.39, 0.29) is 5.41 Å². The molecule has 1 nitrogen and oxygen atoms in total. The molecule has 6 unspecified atom stereocenters. The molecule has 0 aromatic carbocycles. The van der Waals surface area contributed by atoms with Crippen molar-refractivity contribution in [3.8, 4) is 0 Å². The predicted molar refractivity (Wildman–Crippen MR) is 92.8 cm³/mol. The minimum Gasteiger partial charge on any atom is -0.328 e. The maximum atomic E-state index is 5.92. The molecule has 20 heavy (non-hydrogen) atoms. The van der Waals surface area contributed by atoms with Gasteiger partial charge in [-0.3, -0.25) is 0 Å². The van der Waals surface area contributed by atoms with Gasteiger partial charge in [-0.25, -0.2) is 0 Å². The lowest BCUT2D eigenvalue weighted by Gasteiger charge is -2.39. The second-order valence-electron chi connectivity index (χ2n) is 7.53. The first-order valence-electron chi connectivity index (χ1n) is 8.58. The van der Waals surface area contributed by atoms with Crippen LogP contribution in [0.25, 0.3) is 0 Å². The lowest BCUT2D eigenvalue weighted by atomic mass is 9.66. The average molecular weight is 282 g/mol. The van der Waals surface area contributed by atoms with E-state index in [0.29, 0.717) is 17.9 Å². The van der Waals surface area contributed by atoms with Gasteiger partial charge in [-0.2, -0.15) is 0 Å². The molecule has 120 valence electrons. The third-order valence-corrected chi connectivity index (χ3v) is 5.95. The Morgan fingerprint density at radius 1 is 1.00 bits per heavy atom. The van der Waals surface area contributed by atoms with Crippen molar-refractivity contribution in [3.63, 3.8) is 0 Å². The van der Waals surface area contributed by atoms with E-state index in [0.717, 1.165) is 18.3 Å². The number of rotatable bonds is 10. The van der Waals surface area contributed by atoms with Crippen LogP contribution in [0.15, 0.2) is 12.7 Å². The normalized spacial score (nSPS) is 22.4. The quantitative estimate of drug-likeness (QED) is 0.514. The van der Waals surface area contributed by atoms with Crippen LogP contribution < -0.4 is 5.73 Å². The van der Waals surface area contributed by atoms with E-state index in [1.165, 1.54) is 19.3 Å². The molecule has 0 amide bonds. The molecule has 0 saturated carbocycles. The SMILES string of the molecule is C=CC(C)(C(C)CC)C(C)CCC(C)C(C)CC(C)N. The molecule has 0 aliphatic rings. The van der Waals surface area contributed by atoms with Crippen LogP contribution in [0.5, 0.6) is 0 Å². The summed E-state index contributed by atoms with van der Waals surface area (Å²) in [6.07, 6.45) is 7.15. The lowest BCUT2D eigenvalue weighted by Crippen LogP contribution is -2.31. The topological polar surface area (TPSA) is 26.0 Å². The van der Waals surface area contributed by atoms with E-state index in [1.54, 1.807) is 0 Å². The first kappa shape index (κ1) is 19.7. The summed E-state index contributed by atoms with van der Waals surface area (Å²) in [4.78, 5) is 0. The number of allylic oxidation sites excluding steroid dienone is 1. The summed E-state index contributed by atoms with van der Waals surface area (Å²) < 4.78 is 0. The molecule has 0 saturated heterocycles. The van der Waals surface area contributed by atoms with Crippen LogP contribution in [0.4, 0.5) is 0 Å². The highest BCUT2D eigenvalue weighted by atomic mass is 14.6. The Morgan fingerprint density at radius 3 is 1.95 bits per heavy atom. The van der Waals surface area contributed by atoms with Crippen molar-refractivity contribution in [1.82, 2.24) is 0 Å². The monoisotopic (exact) mass is 281 g/mol. The van der Waals surface area contributed by atoms with Gasteiger partial charge in [0.1, 0.15) is 0 Å². The molecule has 0 aromatic heterocycles. The molecule has 2 N–H and O–H groups in total. The van der Waals surface area contributed by atoms with Gasteiger partial charge in [-0.1, -0.05) is 60.5 Å². The van der Waals surface area contributed by atoms with Gasteiger partial charge in [0.05, 0.1) is 0 Å². The molecule has 1 heteroatoms. The fourth-order valence-corrected chi connectivity index (χ4v) is 3.26. The molecule has 0 aliphatic carbocycles. The van der Waals surface area contributed by atoms with Crippen LogP contribution in [0, 0.1) is 29.1 Å². The molecule has 0 aromatic rings. The Bertz CT molecular complexity index is 271. The Kier molecular flexibility index (Phi) is 8.74. The van der Waals surface area contributed by atoms with Gasteiger partial charge >= 0.3 is 0 Å². The highest BCUT2D eigenvalue weighted by Crippen LogP contribution is 2.41. The van der Waals surface area contributed by atoms with E-state index in [9.17, 15) is 0 Å². The first-order valence-corrected chi connectivity index (χ1v) is 8.58. The first-order chi connectivity index (χ1) is 9.18. The van der Waals surface area contributed by atoms with Crippen molar-refractivity contribution in [1.29, 1.82) is 0 Å². The van der Waals surface area contributed by atoms with Crippen molar-refractivity contribution in [3.05, 3.63) is 12.7 Å². The Morgan fingerprint density at radius 2 is 1.55 bits per heavy atom. The highest BCUT2D eigenvalue weighted by molar-refractivity contribution is 4.98. The molecule has 0 bridgehead atoms. The van der Waals surface area contributed by atoms with Crippen LogP contribution in [-0.2, 0) is 0 Å². The van der Waals surface area contributed by atoms with Gasteiger partial charge in [-0.05, 0) is 48.9 Å². The van der Waals surface area contributed by atoms with Crippen LogP contribution in [0.1, 0.15) is 74.1 Å². The van der Waals surface area contributed by atoms with Gasteiger partial charge < -0.3 is 5.73 Å². The Labute approximate surface area is 128 Å². The van der Waals surface area contributed by atoms with Crippen LogP contribution >= 0.6 is 0 Å². The molecule has 0 radical (unpaired) electrons. The van der Waals surface area contributed by atoms with E-state index < -0.39 is 0 Å². The summed E-state index contributed by atoms with van der Waals surface area (Å²) in [5.41, 5.74) is 6.19. The second kappa shape index (κ2) is 8.87. The molecule has 0 rings (SSSR count). The highest BCUT2D eigenvalue weighted by Gasteiger charge is 2.32. The zero-order valence-corrected chi connectivity index (χ0v) is 15.1. The van der Waals surface area contributed by atoms with Gasteiger partial charge in [0.15, 0.2) is 0 Å². The largest absolute Gasteiger partial charge is 0.328 e. The van der Waals surface area contributed by atoms with Crippen LogP contribution in [0.2, 0.25) is 0 Å². The van der Waals surface area contributed by atoms with Gasteiger partial charge in [0, 0.05) is 6.04 Å². The number of hydrogen-bond donors (Lipinski definition) is 1. The molecule has 6 atom stereocenters. The lowest BCUT2D eigenvalue weighted by molar-refractivity contribution is 0.152. The molecular weight excluding hydrogens is 242 g/mol. The van der Waals surface area contributed by atoms with Crippen molar-refractivity contribution in [2.45, 2.75) is 80.2 Å². The minimum absolute atomic E-state index is 0.263. The average Bonchev–Trinajstić information content (AvgIpc) is 2.41.